The van der Waals surface area contributed by atoms with Crippen LogP contribution in [-0.4, -0.2) is 30.6 Å². The molecule has 6 nitrogen and oxygen atoms in total. The number of rotatable bonds is 8. The van der Waals surface area contributed by atoms with Crippen LogP contribution < -0.4 is 0 Å². The summed E-state index contributed by atoms with van der Waals surface area (Å²) >= 11 is 0. The lowest BCUT2D eigenvalue weighted by molar-refractivity contribution is -0.128. The van der Waals surface area contributed by atoms with Gasteiger partial charge in [0.2, 0.25) is 0 Å². The largest absolute Gasteiger partial charge is 0.467 e. The lowest BCUT2D eigenvalue weighted by Crippen LogP contribution is -2.05. The summed E-state index contributed by atoms with van der Waals surface area (Å²) in [5.74, 6) is 0.0972. The van der Waals surface area contributed by atoms with Gasteiger partial charge in [0.15, 0.2) is 12.2 Å². The summed E-state index contributed by atoms with van der Waals surface area (Å²) in [5.41, 5.74) is 1.76. The Hall–Kier alpha value is -2.89. The molecule has 0 aliphatic heterocycles. The maximum atomic E-state index is 11.8. The molecule has 1 aromatic heterocycles. The molecule has 22 heavy (non-hydrogen) atoms. The molecule has 6 heteroatoms. The van der Waals surface area contributed by atoms with Gasteiger partial charge in [0.25, 0.3) is 6.47 Å². The molecule has 1 heterocycles. The number of oxazole rings is 1. The summed E-state index contributed by atoms with van der Waals surface area (Å²) in [5, 5.41) is 0. The second kappa shape index (κ2) is 7.78. The zero-order chi connectivity index (χ0) is 15.8. The molecule has 0 saturated carbocycles. The molecule has 2 aromatic rings. The molecule has 0 amide bonds. The molecule has 0 spiro atoms. The average Bonchev–Trinajstić information content (AvgIpc) is 3.01. The summed E-state index contributed by atoms with van der Waals surface area (Å²) in [6, 6.07) is 6.85. The lowest BCUT2D eigenvalue weighted by atomic mass is 10.1. The SMILES string of the molecule is C=CCOC(=O)c1cccc(-c2ocnc2CCOC=O)c1. The smallest absolute Gasteiger partial charge is 0.338 e. The highest BCUT2D eigenvalue weighted by Gasteiger charge is 2.14. The van der Waals surface area contributed by atoms with Gasteiger partial charge >= 0.3 is 5.97 Å². The number of carbonyl (C=O) groups is 2. The predicted molar refractivity (Wildman–Crippen MR) is 78.1 cm³/mol. The Kier molecular flexibility index (Phi) is 5.48. The van der Waals surface area contributed by atoms with E-state index in [2.05, 4.69) is 16.3 Å². The molecule has 0 atom stereocenters. The van der Waals surface area contributed by atoms with Crippen LogP contribution >= 0.6 is 0 Å². The van der Waals surface area contributed by atoms with Crippen LogP contribution in [-0.2, 0) is 20.7 Å². The molecule has 0 fully saturated rings. The zero-order valence-electron chi connectivity index (χ0n) is 11.9. The second-order valence-corrected chi connectivity index (χ2v) is 4.31. The third kappa shape index (κ3) is 3.82. The van der Waals surface area contributed by atoms with Gasteiger partial charge < -0.3 is 13.9 Å². The van der Waals surface area contributed by atoms with Crippen molar-refractivity contribution in [2.75, 3.05) is 13.2 Å². The van der Waals surface area contributed by atoms with Crippen molar-refractivity contribution in [1.82, 2.24) is 4.98 Å². The van der Waals surface area contributed by atoms with Crippen LogP contribution in [0.4, 0.5) is 0 Å². The molecule has 2 rings (SSSR count). The van der Waals surface area contributed by atoms with Gasteiger partial charge in [-0.2, -0.15) is 0 Å². The molecular weight excluding hydrogens is 286 g/mol. The van der Waals surface area contributed by atoms with Crippen molar-refractivity contribution < 1.29 is 23.5 Å². The van der Waals surface area contributed by atoms with Crippen molar-refractivity contribution >= 4 is 12.4 Å². The van der Waals surface area contributed by atoms with Gasteiger partial charge in [0.05, 0.1) is 17.9 Å². The van der Waals surface area contributed by atoms with E-state index in [0.29, 0.717) is 35.5 Å². The van der Waals surface area contributed by atoms with Gasteiger partial charge in [-0.1, -0.05) is 24.8 Å². The Balaban J connectivity index is 2.19. The first-order chi connectivity index (χ1) is 10.8. The molecule has 1 aromatic carbocycles. The second-order valence-electron chi connectivity index (χ2n) is 4.31. The first-order valence-corrected chi connectivity index (χ1v) is 6.62. The number of carbonyl (C=O) groups excluding carboxylic acids is 2. The number of aromatic nitrogens is 1. The minimum absolute atomic E-state index is 0.152. The van der Waals surface area contributed by atoms with Crippen molar-refractivity contribution in [1.29, 1.82) is 0 Å². The van der Waals surface area contributed by atoms with Gasteiger partial charge in [-0.3, -0.25) is 4.79 Å². The minimum atomic E-state index is -0.438. The van der Waals surface area contributed by atoms with Gasteiger partial charge in [-0.25, -0.2) is 9.78 Å². The molecular formula is C16H15NO5. The number of nitrogens with zero attached hydrogens (tertiary/aromatic N) is 1. The number of hydrogen-bond donors (Lipinski definition) is 0. The highest BCUT2D eigenvalue weighted by atomic mass is 16.5. The molecule has 0 aliphatic carbocycles. The van der Waals surface area contributed by atoms with E-state index in [4.69, 9.17) is 9.15 Å². The van der Waals surface area contributed by atoms with Gasteiger partial charge in [0.1, 0.15) is 6.61 Å². The van der Waals surface area contributed by atoms with Crippen LogP contribution in [0.2, 0.25) is 0 Å². The van der Waals surface area contributed by atoms with E-state index >= 15 is 0 Å². The molecule has 0 bridgehead atoms. The summed E-state index contributed by atoms with van der Waals surface area (Å²) < 4.78 is 15.0. The predicted octanol–water partition coefficient (Wildman–Crippen LogP) is 2.40. The van der Waals surface area contributed by atoms with Crippen LogP contribution in [0.5, 0.6) is 0 Å². The van der Waals surface area contributed by atoms with E-state index in [1.807, 2.05) is 0 Å². The molecule has 0 aliphatic rings. The normalized spacial score (nSPS) is 10.0. The number of hydrogen-bond acceptors (Lipinski definition) is 6. The first-order valence-electron chi connectivity index (χ1n) is 6.62. The Bertz CT molecular complexity index is 662. The van der Waals surface area contributed by atoms with E-state index < -0.39 is 5.97 Å². The average molecular weight is 301 g/mol. The first kappa shape index (κ1) is 15.5. The summed E-state index contributed by atoms with van der Waals surface area (Å²) in [6.45, 7) is 4.24. The molecule has 0 unspecified atom stereocenters. The third-order valence-corrected chi connectivity index (χ3v) is 2.86. The van der Waals surface area contributed by atoms with Crippen LogP contribution in [0.1, 0.15) is 16.1 Å². The fourth-order valence-corrected chi connectivity index (χ4v) is 1.89. The maximum Gasteiger partial charge on any atom is 0.338 e. The Morgan fingerprint density at radius 2 is 2.27 bits per heavy atom. The standard InChI is InChI=1S/C16H15NO5/c1-2-7-21-16(19)13-5-3-4-12(9-13)15-14(17-10-22-15)6-8-20-11-18/h2-5,9-11H,1,6-8H2. The van der Waals surface area contributed by atoms with Gasteiger partial charge in [0, 0.05) is 12.0 Å². The molecule has 0 radical (unpaired) electrons. The molecule has 0 N–H and O–H groups in total. The quantitative estimate of drug-likeness (QED) is 0.322. The lowest BCUT2D eigenvalue weighted by Gasteiger charge is -2.05. The fraction of sp³-hybridized carbons (Fsp3) is 0.188. The van der Waals surface area contributed by atoms with Crippen molar-refractivity contribution in [2.45, 2.75) is 6.42 Å². The van der Waals surface area contributed by atoms with Crippen molar-refractivity contribution in [3.05, 3.63) is 54.6 Å². The Labute approximate surface area is 127 Å². The Morgan fingerprint density at radius 3 is 3.05 bits per heavy atom. The zero-order valence-corrected chi connectivity index (χ0v) is 11.9. The maximum absolute atomic E-state index is 11.8. The topological polar surface area (TPSA) is 78.6 Å². The molecule has 114 valence electrons. The highest BCUT2D eigenvalue weighted by molar-refractivity contribution is 5.90. The Morgan fingerprint density at radius 1 is 1.41 bits per heavy atom. The number of benzene rings is 1. The number of ether oxygens (including phenoxy) is 2. The van der Waals surface area contributed by atoms with E-state index in [0.717, 1.165) is 0 Å². The van der Waals surface area contributed by atoms with Crippen LogP contribution in [0.3, 0.4) is 0 Å². The summed E-state index contributed by atoms with van der Waals surface area (Å²) in [7, 11) is 0. The monoisotopic (exact) mass is 301 g/mol. The molecule has 0 saturated heterocycles. The van der Waals surface area contributed by atoms with Crippen molar-refractivity contribution in [2.24, 2.45) is 0 Å². The van der Waals surface area contributed by atoms with Crippen LogP contribution in [0.15, 0.2) is 47.7 Å². The van der Waals surface area contributed by atoms with E-state index in [1.54, 1.807) is 24.3 Å². The van der Waals surface area contributed by atoms with Crippen LogP contribution in [0.25, 0.3) is 11.3 Å². The minimum Gasteiger partial charge on any atom is -0.467 e. The summed E-state index contributed by atoms with van der Waals surface area (Å²) in [6.07, 6.45) is 3.24. The summed E-state index contributed by atoms with van der Waals surface area (Å²) in [4.78, 5) is 26.1. The van der Waals surface area contributed by atoms with E-state index in [1.165, 1.54) is 12.5 Å². The van der Waals surface area contributed by atoms with Gasteiger partial charge in [-0.15, -0.1) is 0 Å². The van der Waals surface area contributed by atoms with Crippen LogP contribution in [0, 0.1) is 0 Å². The van der Waals surface area contributed by atoms with E-state index in [-0.39, 0.29) is 13.2 Å². The number of esters is 1. The van der Waals surface area contributed by atoms with Crippen molar-refractivity contribution in [3.63, 3.8) is 0 Å². The van der Waals surface area contributed by atoms with Crippen molar-refractivity contribution in [3.8, 4) is 11.3 Å². The van der Waals surface area contributed by atoms with E-state index in [9.17, 15) is 9.59 Å². The van der Waals surface area contributed by atoms with Gasteiger partial charge in [-0.05, 0) is 12.1 Å². The third-order valence-electron chi connectivity index (χ3n) is 2.86. The fourth-order valence-electron chi connectivity index (χ4n) is 1.89. The highest BCUT2D eigenvalue weighted by Crippen LogP contribution is 2.24.